The summed E-state index contributed by atoms with van der Waals surface area (Å²) in [6.07, 6.45) is 1.89. The van der Waals surface area contributed by atoms with Gasteiger partial charge in [0, 0.05) is 63.4 Å². The Morgan fingerprint density at radius 2 is 0.681 bits per heavy atom. The maximum Gasteiger partial charge on any atom is 0.0542 e. The first-order chi connectivity index (χ1) is 23.3. The normalized spacial score (nSPS) is 13.3. The van der Waals surface area contributed by atoms with Crippen LogP contribution in [-0.4, -0.2) is 4.57 Å². The number of rotatable bonds is 3. The van der Waals surface area contributed by atoms with Gasteiger partial charge in [0.15, 0.2) is 0 Å². The molecule has 0 saturated carbocycles. The fourth-order valence-electron chi connectivity index (χ4n) is 7.87. The fraction of sp³-hybridized carbons (Fsp3) is 0.0455. The smallest absolute Gasteiger partial charge is 0.0542 e. The Bertz CT molecular complexity index is 2240. The molecule has 3 heteroatoms. The monoisotopic (exact) mass is 601 g/mol. The summed E-state index contributed by atoms with van der Waals surface area (Å²) in [6, 6.07) is 60.0. The van der Waals surface area contributed by atoms with Crippen LogP contribution in [0, 0.1) is 0 Å². The molecule has 47 heavy (non-hydrogen) atoms. The molecule has 10 rings (SSSR count). The molecule has 0 bridgehead atoms. The number of hydrogen-bond donors (Lipinski definition) is 0. The first-order valence-electron chi connectivity index (χ1n) is 16.4. The first kappa shape index (κ1) is 26.2. The highest BCUT2D eigenvalue weighted by Gasteiger charge is 2.26. The van der Waals surface area contributed by atoms with Gasteiger partial charge in [0.25, 0.3) is 0 Å². The summed E-state index contributed by atoms with van der Waals surface area (Å²) in [5.74, 6) is 0. The van der Waals surface area contributed by atoms with Crippen molar-refractivity contribution in [1.82, 2.24) is 4.57 Å². The standard InChI is InChI=1S/C44H31N3/c1-2-16-34(17-3-1)45-43-24-22-35(46-39-18-8-4-12-30(39)26-31-13-5-9-19-40(31)46)28-37(43)38-29-36(23-25-44(38)45)47-41-20-10-6-14-32(41)27-33-15-7-11-21-42(33)47/h1-25,28-29H,26-27H2. The maximum absolute atomic E-state index is 2.44. The molecule has 8 aromatic rings. The molecule has 0 aliphatic carbocycles. The van der Waals surface area contributed by atoms with Crippen molar-refractivity contribution in [2.45, 2.75) is 12.8 Å². The third-order valence-corrected chi connectivity index (χ3v) is 9.95. The molecule has 0 saturated heterocycles. The van der Waals surface area contributed by atoms with E-state index in [0.29, 0.717) is 0 Å². The van der Waals surface area contributed by atoms with E-state index in [-0.39, 0.29) is 0 Å². The molecule has 0 unspecified atom stereocenters. The maximum atomic E-state index is 2.44. The zero-order chi connectivity index (χ0) is 30.9. The van der Waals surface area contributed by atoms with Gasteiger partial charge in [-0.25, -0.2) is 0 Å². The van der Waals surface area contributed by atoms with Crippen LogP contribution in [0.1, 0.15) is 22.3 Å². The van der Waals surface area contributed by atoms with Crippen LogP contribution in [0.3, 0.4) is 0 Å². The summed E-state index contributed by atoms with van der Waals surface area (Å²) in [6.45, 7) is 0. The van der Waals surface area contributed by atoms with Gasteiger partial charge < -0.3 is 14.4 Å². The zero-order valence-corrected chi connectivity index (χ0v) is 25.8. The van der Waals surface area contributed by atoms with Gasteiger partial charge in [-0.1, -0.05) is 91.0 Å². The number of para-hydroxylation sites is 5. The van der Waals surface area contributed by atoms with Crippen LogP contribution in [0.25, 0.3) is 27.5 Å². The molecule has 0 fully saturated rings. The van der Waals surface area contributed by atoms with E-state index in [1.165, 1.54) is 78.2 Å². The van der Waals surface area contributed by atoms with Crippen molar-refractivity contribution in [2.24, 2.45) is 0 Å². The molecule has 0 spiro atoms. The van der Waals surface area contributed by atoms with Gasteiger partial charge in [-0.15, -0.1) is 0 Å². The van der Waals surface area contributed by atoms with Crippen LogP contribution in [0.15, 0.2) is 164 Å². The molecule has 0 N–H and O–H groups in total. The van der Waals surface area contributed by atoms with Gasteiger partial charge >= 0.3 is 0 Å². The second-order valence-electron chi connectivity index (χ2n) is 12.6. The van der Waals surface area contributed by atoms with Crippen LogP contribution in [0.4, 0.5) is 34.1 Å². The average molecular weight is 602 g/mol. The van der Waals surface area contributed by atoms with Crippen molar-refractivity contribution in [3.8, 4) is 5.69 Å². The van der Waals surface area contributed by atoms with Gasteiger partial charge in [-0.2, -0.15) is 0 Å². The lowest BCUT2D eigenvalue weighted by molar-refractivity contribution is 1.09. The second kappa shape index (κ2) is 10.2. The largest absolute Gasteiger partial charge is 0.310 e. The third kappa shape index (κ3) is 4.00. The third-order valence-electron chi connectivity index (χ3n) is 9.95. The van der Waals surface area contributed by atoms with E-state index in [4.69, 9.17) is 0 Å². The average Bonchev–Trinajstić information content (AvgIpc) is 3.46. The lowest BCUT2D eigenvalue weighted by atomic mass is 9.94. The Hall–Kier alpha value is -6.06. The van der Waals surface area contributed by atoms with E-state index < -0.39 is 0 Å². The second-order valence-corrected chi connectivity index (χ2v) is 12.6. The minimum atomic E-state index is 0.945. The van der Waals surface area contributed by atoms with Crippen molar-refractivity contribution in [1.29, 1.82) is 0 Å². The molecule has 222 valence electrons. The topological polar surface area (TPSA) is 11.4 Å². The van der Waals surface area contributed by atoms with Crippen molar-refractivity contribution < 1.29 is 0 Å². The Kier molecular flexibility index (Phi) is 5.70. The van der Waals surface area contributed by atoms with Gasteiger partial charge in [-0.05, 0) is 95.1 Å². The van der Waals surface area contributed by atoms with Crippen LogP contribution in [-0.2, 0) is 12.8 Å². The minimum Gasteiger partial charge on any atom is -0.310 e. The molecule has 3 heterocycles. The number of anilines is 6. The highest BCUT2D eigenvalue weighted by atomic mass is 15.2. The highest BCUT2D eigenvalue weighted by molar-refractivity contribution is 6.12. The van der Waals surface area contributed by atoms with Crippen molar-refractivity contribution in [2.75, 3.05) is 9.80 Å². The van der Waals surface area contributed by atoms with Crippen molar-refractivity contribution >= 4 is 55.9 Å². The predicted molar refractivity (Wildman–Crippen MR) is 196 cm³/mol. The lowest BCUT2D eigenvalue weighted by Gasteiger charge is -2.33. The predicted octanol–water partition coefficient (Wildman–Crippen LogP) is 11.5. The van der Waals surface area contributed by atoms with Crippen LogP contribution < -0.4 is 9.80 Å². The van der Waals surface area contributed by atoms with E-state index in [0.717, 1.165) is 18.5 Å². The zero-order valence-electron chi connectivity index (χ0n) is 25.8. The van der Waals surface area contributed by atoms with Crippen molar-refractivity contribution in [3.05, 3.63) is 186 Å². The van der Waals surface area contributed by atoms with Crippen LogP contribution in [0.5, 0.6) is 0 Å². The first-order valence-corrected chi connectivity index (χ1v) is 16.4. The highest BCUT2D eigenvalue weighted by Crippen LogP contribution is 2.48. The summed E-state index contributed by atoms with van der Waals surface area (Å²) in [5, 5.41) is 2.48. The van der Waals surface area contributed by atoms with Gasteiger partial charge in [0.1, 0.15) is 0 Å². The van der Waals surface area contributed by atoms with E-state index in [2.05, 4.69) is 178 Å². The molecule has 3 nitrogen and oxygen atoms in total. The summed E-state index contributed by atoms with van der Waals surface area (Å²) in [4.78, 5) is 4.89. The molecule has 0 amide bonds. The fourth-order valence-corrected chi connectivity index (χ4v) is 7.87. The van der Waals surface area contributed by atoms with Gasteiger partial charge in [0.2, 0.25) is 0 Å². The summed E-state index contributed by atoms with van der Waals surface area (Å²) < 4.78 is 2.41. The summed E-state index contributed by atoms with van der Waals surface area (Å²) >= 11 is 0. The van der Waals surface area contributed by atoms with E-state index in [9.17, 15) is 0 Å². The summed E-state index contributed by atoms with van der Waals surface area (Å²) in [5.41, 5.74) is 16.3. The van der Waals surface area contributed by atoms with E-state index >= 15 is 0 Å². The van der Waals surface area contributed by atoms with Crippen LogP contribution in [0.2, 0.25) is 0 Å². The molecular weight excluding hydrogens is 571 g/mol. The van der Waals surface area contributed by atoms with E-state index in [1.807, 2.05) is 0 Å². The SMILES string of the molecule is c1ccc(-n2c3ccc(N4c5ccccc5Cc5ccccc54)cc3c3cc(N4c5ccccc5Cc5ccccc54)ccc32)cc1. The van der Waals surface area contributed by atoms with Crippen molar-refractivity contribution in [3.63, 3.8) is 0 Å². The van der Waals surface area contributed by atoms with E-state index in [1.54, 1.807) is 0 Å². The van der Waals surface area contributed by atoms with Gasteiger partial charge in [0.05, 0.1) is 11.0 Å². The Labute approximate surface area is 274 Å². The van der Waals surface area contributed by atoms with Crippen LogP contribution >= 0.6 is 0 Å². The molecule has 1 aromatic heterocycles. The molecule has 0 radical (unpaired) electrons. The molecule has 2 aliphatic rings. The Balaban J connectivity index is 1.24. The molecule has 0 atom stereocenters. The van der Waals surface area contributed by atoms with Gasteiger partial charge in [-0.3, -0.25) is 0 Å². The summed E-state index contributed by atoms with van der Waals surface area (Å²) in [7, 11) is 0. The minimum absolute atomic E-state index is 0.945. The Morgan fingerprint density at radius 3 is 1.09 bits per heavy atom. The number of fused-ring (bicyclic) bond motifs is 7. The quantitative estimate of drug-likeness (QED) is 0.200. The number of aromatic nitrogens is 1. The number of benzene rings is 7. The molecule has 2 aliphatic heterocycles. The Morgan fingerprint density at radius 1 is 0.319 bits per heavy atom. The number of hydrogen-bond acceptors (Lipinski definition) is 2. The molecular formula is C44H31N3. The number of nitrogens with zero attached hydrogens (tertiary/aromatic N) is 3. The lowest BCUT2D eigenvalue weighted by Crippen LogP contribution is -2.18. The molecule has 7 aromatic carbocycles.